The molecule has 4 nitrogen and oxygen atoms in total. The number of rotatable bonds is 2. The Morgan fingerprint density at radius 2 is 2.05 bits per heavy atom. The molecule has 2 aromatic heterocycles. The predicted molar refractivity (Wildman–Crippen MR) is 74.1 cm³/mol. The molecule has 1 fully saturated rings. The number of aromatic nitrogens is 2. The van der Waals surface area contributed by atoms with Crippen molar-refractivity contribution in [3.8, 4) is 0 Å². The average Bonchev–Trinajstić information content (AvgIpc) is 2.89. The summed E-state index contributed by atoms with van der Waals surface area (Å²) in [4.78, 5) is 18.5. The maximum Gasteiger partial charge on any atom is 0.274 e. The fourth-order valence-electron chi connectivity index (χ4n) is 2.88. The highest BCUT2D eigenvalue weighted by atomic mass is 19.1. The molecule has 0 aromatic carbocycles. The minimum atomic E-state index is -0.338. The lowest BCUT2D eigenvalue weighted by Gasteiger charge is -2.30. The van der Waals surface area contributed by atoms with Crippen LogP contribution >= 0.6 is 0 Å². The van der Waals surface area contributed by atoms with Gasteiger partial charge in [-0.25, -0.2) is 9.37 Å². The first-order valence-corrected chi connectivity index (χ1v) is 7.06. The molecule has 0 radical (unpaired) electrons. The van der Waals surface area contributed by atoms with Gasteiger partial charge in [-0.1, -0.05) is 19.3 Å². The number of fused-ring (bicyclic) bond motifs is 1. The van der Waals surface area contributed by atoms with Crippen molar-refractivity contribution in [2.24, 2.45) is 0 Å². The molecule has 3 rings (SSSR count). The van der Waals surface area contributed by atoms with Gasteiger partial charge in [-0.2, -0.15) is 0 Å². The van der Waals surface area contributed by atoms with Gasteiger partial charge in [0.15, 0.2) is 0 Å². The Hall–Kier alpha value is -1.91. The second-order valence-electron chi connectivity index (χ2n) is 5.45. The Morgan fingerprint density at radius 3 is 2.80 bits per heavy atom. The molecule has 1 aliphatic carbocycles. The highest BCUT2D eigenvalue weighted by Gasteiger charge is 2.24. The van der Waals surface area contributed by atoms with Crippen LogP contribution in [0, 0.1) is 5.82 Å². The third-order valence-electron chi connectivity index (χ3n) is 4.08. The summed E-state index contributed by atoms with van der Waals surface area (Å²) in [5, 5.41) is 0. The van der Waals surface area contributed by atoms with Gasteiger partial charge in [0.05, 0.1) is 0 Å². The van der Waals surface area contributed by atoms with Gasteiger partial charge in [0, 0.05) is 25.5 Å². The van der Waals surface area contributed by atoms with E-state index in [4.69, 9.17) is 0 Å². The molecule has 5 heteroatoms. The summed E-state index contributed by atoms with van der Waals surface area (Å²) in [6.45, 7) is 0. The molecule has 1 aliphatic rings. The van der Waals surface area contributed by atoms with Crippen molar-refractivity contribution >= 4 is 11.6 Å². The Kier molecular flexibility index (Phi) is 3.42. The number of pyridine rings is 1. The zero-order valence-corrected chi connectivity index (χ0v) is 11.6. The molecule has 0 aliphatic heterocycles. The van der Waals surface area contributed by atoms with Crippen LogP contribution in [0.3, 0.4) is 0 Å². The van der Waals surface area contributed by atoms with Crippen molar-refractivity contribution < 1.29 is 9.18 Å². The van der Waals surface area contributed by atoms with E-state index in [9.17, 15) is 9.18 Å². The first-order valence-electron chi connectivity index (χ1n) is 7.06. The summed E-state index contributed by atoms with van der Waals surface area (Å²) in [7, 11) is 1.84. The maximum atomic E-state index is 13.2. The largest absolute Gasteiger partial charge is 0.337 e. The normalized spacial score (nSPS) is 16.5. The zero-order valence-electron chi connectivity index (χ0n) is 11.6. The number of carbonyl (C=O) groups excluding carboxylic acids is 1. The minimum Gasteiger partial charge on any atom is -0.337 e. The van der Waals surface area contributed by atoms with Gasteiger partial charge in [0.2, 0.25) is 0 Å². The second-order valence-corrected chi connectivity index (χ2v) is 5.45. The van der Waals surface area contributed by atoms with Crippen LogP contribution in [-0.2, 0) is 0 Å². The topological polar surface area (TPSA) is 37.6 Å². The molecule has 0 spiro atoms. The van der Waals surface area contributed by atoms with Crippen LogP contribution in [0.15, 0.2) is 24.5 Å². The van der Waals surface area contributed by atoms with Crippen LogP contribution in [0.4, 0.5) is 4.39 Å². The molecular weight excluding hydrogens is 257 g/mol. The van der Waals surface area contributed by atoms with Crippen molar-refractivity contribution in [3.05, 3.63) is 36.0 Å². The quantitative estimate of drug-likeness (QED) is 0.845. The summed E-state index contributed by atoms with van der Waals surface area (Å²) in [5.74, 6) is -0.421. The average molecular weight is 275 g/mol. The van der Waals surface area contributed by atoms with Crippen LogP contribution in [0.2, 0.25) is 0 Å². The highest BCUT2D eigenvalue weighted by molar-refractivity contribution is 5.93. The van der Waals surface area contributed by atoms with Gasteiger partial charge >= 0.3 is 0 Å². The molecule has 0 atom stereocenters. The Labute approximate surface area is 117 Å². The fourth-order valence-corrected chi connectivity index (χ4v) is 2.88. The van der Waals surface area contributed by atoms with Crippen LogP contribution in [0.25, 0.3) is 5.65 Å². The molecule has 1 amide bonds. The number of imidazole rings is 1. The van der Waals surface area contributed by atoms with E-state index in [0.717, 1.165) is 12.8 Å². The summed E-state index contributed by atoms with van der Waals surface area (Å²) in [6, 6.07) is 3.23. The second kappa shape index (κ2) is 5.23. The number of nitrogens with zero attached hydrogens (tertiary/aromatic N) is 3. The van der Waals surface area contributed by atoms with Crippen molar-refractivity contribution in [1.29, 1.82) is 0 Å². The Bertz CT molecular complexity index is 631. The molecule has 20 heavy (non-hydrogen) atoms. The molecule has 1 saturated carbocycles. The number of halogens is 1. The van der Waals surface area contributed by atoms with Crippen molar-refractivity contribution in [1.82, 2.24) is 14.3 Å². The monoisotopic (exact) mass is 275 g/mol. The van der Waals surface area contributed by atoms with Gasteiger partial charge in [-0.3, -0.25) is 4.79 Å². The molecule has 0 bridgehead atoms. The van der Waals surface area contributed by atoms with Crippen LogP contribution in [0.1, 0.15) is 42.6 Å². The summed E-state index contributed by atoms with van der Waals surface area (Å²) >= 11 is 0. The van der Waals surface area contributed by atoms with E-state index >= 15 is 0 Å². The van der Waals surface area contributed by atoms with Crippen LogP contribution < -0.4 is 0 Å². The summed E-state index contributed by atoms with van der Waals surface area (Å²) in [5.41, 5.74) is 0.968. The Balaban J connectivity index is 1.84. The molecule has 0 N–H and O–H groups in total. The fraction of sp³-hybridized carbons (Fsp3) is 0.467. The van der Waals surface area contributed by atoms with E-state index in [0.29, 0.717) is 17.4 Å². The highest BCUT2D eigenvalue weighted by Crippen LogP contribution is 2.22. The third kappa shape index (κ3) is 2.40. The first kappa shape index (κ1) is 13.1. The molecule has 106 valence electrons. The van der Waals surface area contributed by atoms with E-state index in [-0.39, 0.29) is 11.7 Å². The number of carbonyl (C=O) groups is 1. The van der Waals surface area contributed by atoms with E-state index in [1.807, 2.05) is 7.05 Å². The Morgan fingerprint density at radius 1 is 1.30 bits per heavy atom. The van der Waals surface area contributed by atoms with Crippen LogP contribution in [-0.4, -0.2) is 33.3 Å². The predicted octanol–water partition coefficient (Wildman–Crippen LogP) is 2.88. The standard InChI is InChI=1S/C15H18FN3O/c1-18(12-5-3-2-4-6-12)15(20)13-10-19-9-11(16)7-8-14(19)17-13/h7-10,12H,2-6H2,1H3. The van der Waals surface area contributed by atoms with Gasteiger partial charge in [-0.05, 0) is 25.0 Å². The SMILES string of the molecule is CN(C(=O)c1cn2cc(F)ccc2n1)C1CCCCC1. The van der Waals surface area contributed by atoms with E-state index in [2.05, 4.69) is 4.98 Å². The molecule has 2 aromatic rings. The molecule has 0 unspecified atom stereocenters. The van der Waals surface area contributed by atoms with Gasteiger partial charge in [0.25, 0.3) is 5.91 Å². The van der Waals surface area contributed by atoms with Gasteiger partial charge in [-0.15, -0.1) is 0 Å². The molecule has 0 saturated heterocycles. The third-order valence-corrected chi connectivity index (χ3v) is 4.08. The van der Waals surface area contributed by atoms with E-state index in [1.165, 1.54) is 31.5 Å². The smallest absolute Gasteiger partial charge is 0.274 e. The number of amides is 1. The number of hydrogen-bond donors (Lipinski definition) is 0. The van der Waals surface area contributed by atoms with Crippen molar-refractivity contribution in [2.75, 3.05) is 7.05 Å². The summed E-state index contributed by atoms with van der Waals surface area (Å²) < 4.78 is 14.7. The first-order chi connectivity index (χ1) is 9.65. The zero-order chi connectivity index (χ0) is 14.1. The lowest BCUT2D eigenvalue weighted by atomic mass is 9.94. The molecular formula is C15H18FN3O. The number of hydrogen-bond acceptors (Lipinski definition) is 2. The van der Waals surface area contributed by atoms with E-state index < -0.39 is 0 Å². The van der Waals surface area contributed by atoms with Gasteiger partial charge in [0.1, 0.15) is 17.2 Å². The van der Waals surface area contributed by atoms with Gasteiger partial charge < -0.3 is 9.30 Å². The summed E-state index contributed by atoms with van der Waals surface area (Å²) in [6.07, 6.45) is 8.66. The maximum absolute atomic E-state index is 13.2. The van der Waals surface area contributed by atoms with Crippen molar-refractivity contribution in [2.45, 2.75) is 38.1 Å². The lowest BCUT2D eigenvalue weighted by molar-refractivity contribution is 0.0691. The molecule has 2 heterocycles. The van der Waals surface area contributed by atoms with Crippen LogP contribution in [0.5, 0.6) is 0 Å². The van der Waals surface area contributed by atoms with Crippen molar-refractivity contribution in [3.63, 3.8) is 0 Å². The lowest BCUT2D eigenvalue weighted by Crippen LogP contribution is -2.38. The van der Waals surface area contributed by atoms with E-state index in [1.54, 1.807) is 21.6 Å². The minimum absolute atomic E-state index is 0.0824.